The molecule has 0 unspecified atom stereocenters. The molecule has 7 heteroatoms. The van der Waals surface area contributed by atoms with Gasteiger partial charge in [0.05, 0.1) is 4.88 Å². The molecule has 3 heterocycles. The fourth-order valence-corrected chi connectivity index (χ4v) is 2.84. The van der Waals surface area contributed by atoms with Gasteiger partial charge in [-0.05, 0) is 11.4 Å². The predicted molar refractivity (Wildman–Crippen MR) is 61.1 cm³/mol. The van der Waals surface area contributed by atoms with Crippen LogP contribution in [-0.4, -0.2) is 25.7 Å². The lowest BCUT2D eigenvalue weighted by atomic mass is 10.4. The van der Waals surface area contributed by atoms with Crippen molar-refractivity contribution in [3.05, 3.63) is 28.6 Å². The summed E-state index contributed by atoms with van der Waals surface area (Å²) < 4.78 is 1.71. The van der Waals surface area contributed by atoms with Gasteiger partial charge < -0.3 is 5.11 Å². The number of fused-ring (bicyclic) bond motifs is 1. The highest BCUT2D eigenvalue weighted by Gasteiger charge is 2.15. The van der Waals surface area contributed by atoms with Crippen LogP contribution in [0.3, 0.4) is 0 Å². The fraction of sp³-hybridized carbons (Fsp3) is 0. The van der Waals surface area contributed by atoms with Gasteiger partial charge in [0.1, 0.15) is 4.88 Å². The second kappa shape index (κ2) is 3.39. The topological polar surface area (TPSA) is 67.5 Å². The second-order valence-electron chi connectivity index (χ2n) is 3.05. The van der Waals surface area contributed by atoms with E-state index < -0.39 is 5.97 Å². The molecule has 3 aromatic heterocycles. The average molecular weight is 251 g/mol. The molecular formula is C9H5N3O2S2. The molecule has 0 aromatic carbocycles. The summed E-state index contributed by atoms with van der Waals surface area (Å²) in [5.74, 6) is -0.249. The number of rotatable bonds is 2. The summed E-state index contributed by atoms with van der Waals surface area (Å²) >= 11 is 2.66. The third-order valence-corrected chi connectivity index (χ3v) is 3.89. The predicted octanol–water partition coefficient (Wildman–Crippen LogP) is 2.22. The van der Waals surface area contributed by atoms with Gasteiger partial charge >= 0.3 is 5.97 Å². The highest BCUT2D eigenvalue weighted by molar-refractivity contribution is 7.18. The Kier molecular flexibility index (Phi) is 2.01. The summed E-state index contributed by atoms with van der Waals surface area (Å²) in [6.07, 6.45) is 1.55. The first-order chi connectivity index (χ1) is 7.75. The van der Waals surface area contributed by atoms with Crippen molar-refractivity contribution in [3.8, 4) is 10.7 Å². The first-order valence-electron chi connectivity index (χ1n) is 4.37. The number of thiophene rings is 1. The number of thiazole rings is 1. The molecule has 80 valence electrons. The van der Waals surface area contributed by atoms with Gasteiger partial charge in [0.2, 0.25) is 4.96 Å². The minimum atomic E-state index is -0.937. The monoisotopic (exact) mass is 251 g/mol. The van der Waals surface area contributed by atoms with E-state index in [0.29, 0.717) is 10.8 Å². The van der Waals surface area contributed by atoms with Crippen molar-refractivity contribution in [1.82, 2.24) is 14.6 Å². The molecule has 0 fully saturated rings. The van der Waals surface area contributed by atoms with Gasteiger partial charge in [-0.25, -0.2) is 4.79 Å². The van der Waals surface area contributed by atoms with Crippen LogP contribution in [-0.2, 0) is 0 Å². The van der Waals surface area contributed by atoms with Crippen LogP contribution in [0.25, 0.3) is 15.7 Å². The van der Waals surface area contributed by atoms with Crippen LogP contribution >= 0.6 is 22.7 Å². The summed E-state index contributed by atoms with van der Waals surface area (Å²) in [4.78, 5) is 12.7. The molecule has 0 aliphatic heterocycles. The van der Waals surface area contributed by atoms with Crippen LogP contribution in [0.15, 0.2) is 23.7 Å². The number of nitrogens with zero attached hydrogens (tertiary/aromatic N) is 3. The standard InChI is InChI=1S/C9H5N3O2S2/c13-8(14)6-4-12-7(5-2-1-3-15-5)10-11-9(12)16-6/h1-4H,(H,13,14). The SMILES string of the molecule is O=C(O)c1cn2c(-c3cccs3)nnc2s1. The van der Waals surface area contributed by atoms with Crippen LogP contribution in [0.1, 0.15) is 9.67 Å². The molecule has 5 nitrogen and oxygen atoms in total. The number of aromatic carboxylic acids is 1. The lowest BCUT2D eigenvalue weighted by Crippen LogP contribution is -1.92. The van der Waals surface area contributed by atoms with Gasteiger partial charge in [-0.15, -0.1) is 21.5 Å². The summed E-state index contributed by atoms with van der Waals surface area (Å²) in [5, 5.41) is 18.8. The Morgan fingerprint density at radius 2 is 2.31 bits per heavy atom. The summed E-state index contributed by atoms with van der Waals surface area (Å²) in [6.45, 7) is 0. The van der Waals surface area contributed by atoms with Gasteiger partial charge in [-0.2, -0.15) is 0 Å². The molecule has 0 radical (unpaired) electrons. The van der Waals surface area contributed by atoms with Crippen LogP contribution in [0.4, 0.5) is 0 Å². The molecule has 0 saturated heterocycles. The van der Waals surface area contributed by atoms with E-state index in [0.717, 1.165) is 16.2 Å². The number of aromatic nitrogens is 3. The zero-order valence-corrected chi connectivity index (χ0v) is 9.46. The Hall–Kier alpha value is -1.73. The smallest absolute Gasteiger partial charge is 0.347 e. The molecule has 3 aromatic rings. The first kappa shape index (κ1) is 9.49. The van der Waals surface area contributed by atoms with E-state index in [1.54, 1.807) is 21.9 Å². The Balaban J connectivity index is 2.23. The molecule has 3 rings (SSSR count). The number of hydrogen-bond donors (Lipinski definition) is 1. The summed E-state index contributed by atoms with van der Waals surface area (Å²) in [6, 6.07) is 3.85. The minimum absolute atomic E-state index is 0.266. The molecule has 0 amide bonds. The van der Waals surface area contributed by atoms with Gasteiger partial charge in [-0.1, -0.05) is 17.4 Å². The zero-order valence-electron chi connectivity index (χ0n) is 7.82. The first-order valence-corrected chi connectivity index (χ1v) is 6.07. The van der Waals surface area contributed by atoms with E-state index >= 15 is 0 Å². The highest BCUT2D eigenvalue weighted by Crippen LogP contribution is 2.26. The van der Waals surface area contributed by atoms with E-state index in [1.165, 1.54) is 0 Å². The molecular weight excluding hydrogens is 246 g/mol. The number of carbonyl (C=O) groups is 1. The van der Waals surface area contributed by atoms with Crippen molar-refractivity contribution in [3.63, 3.8) is 0 Å². The Morgan fingerprint density at radius 3 is 3.00 bits per heavy atom. The summed E-state index contributed by atoms with van der Waals surface area (Å²) in [7, 11) is 0. The minimum Gasteiger partial charge on any atom is -0.477 e. The second-order valence-corrected chi connectivity index (χ2v) is 5.01. The lowest BCUT2D eigenvalue weighted by Gasteiger charge is -1.90. The fourth-order valence-electron chi connectivity index (χ4n) is 1.38. The average Bonchev–Trinajstić information content (AvgIpc) is 2.92. The van der Waals surface area contributed by atoms with E-state index in [1.807, 2.05) is 17.5 Å². The van der Waals surface area contributed by atoms with E-state index in [4.69, 9.17) is 5.11 Å². The van der Waals surface area contributed by atoms with E-state index in [9.17, 15) is 4.79 Å². The van der Waals surface area contributed by atoms with Gasteiger partial charge in [0, 0.05) is 6.20 Å². The van der Waals surface area contributed by atoms with Crippen LogP contribution < -0.4 is 0 Å². The maximum atomic E-state index is 10.8. The van der Waals surface area contributed by atoms with Crippen molar-refractivity contribution in [2.75, 3.05) is 0 Å². The van der Waals surface area contributed by atoms with Gasteiger partial charge in [0.15, 0.2) is 5.82 Å². The maximum absolute atomic E-state index is 10.8. The molecule has 0 bridgehead atoms. The largest absolute Gasteiger partial charge is 0.477 e. The summed E-state index contributed by atoms with van der Waals surface area (Å²) in [5.41, 5.74) is 0. The Labute approximate surface area is 97.6 Å². The van der Waals surface area contributed by atoms with Crippen LogP contribution in [0.5, 0.6) is 0 Å². The highest BCUT2D eigenvalue weighted by atomic mass is 32.1. The normalized spacial score (nSPS) is 11.0. The van der Waals surface area contributed by atoms with Gasteiger partial charge in [0.25, 0.3) is 0 Å². The quantitative estimate of drug-likeness (QED) is 0.758. The third-order valence-electron chi connectivity index (χ3n) is 2.06. The number of carboxylic acid groups (broad SMARTS) is 1. The molecule has 0 atom stereocenters. The van der Waals surface area contributed by atoms with Crippen molar-refractivity contribution in [1.29, 1.82) is 0 Å². The third kappa shape index (κ3) is 1.33. The van der Waals surface area contributed by atoms with E-state index in [2.05, 4.69) is 10.2 Å². The molecule has 16 heavy (non-hydrogen) atoms. The molecule has 0 aliphatic carbocycles. The van der Waals surface area contributed by atoms with Gasteiger partial charge in [-0.3, -0.25) is 4.40 Å². The van der Waals surface area contributed by atoms with Crippen molar-refractivity contribution in [2.45, 2.75) is 0 Å². The zero-order chi connectivity index (χ0) is 11.1. The van der Waals surface area contributed by atoms with Crippen molar-refractivity contribution < 1.29 is 9.90 Å². The molecule has 0 aliphatic rings. The van der Waals surface area contributed by atoms with Crippen molar-refractivity contribution in [2.24, 2.45) is 0 Å². The Morgan fingerprint density at radius 1 is 1.44 bits per heavy atom. The molecule has 1 N–H and O–H groups in total. The van der Waals surface area contributed by atoms with Crippen LogP contribution in [0, 0.1) is 0 Å². The lowest BCUT2D eigenvalue weighted by molar-refractivity contribution is 0.0702. The number of carboxylic acids is 1. The molecule has 0 spiro atoms. The van der Waals surface area contributed by atoms with Crippen molar-refractivity contribution >= 4 is 33.6 Å². The maximum Gasteiger partial charge on any atom is 0.347 e. The Bertz CT molecular complexity index is 653. The van der Waals surface area contributed by atoms with Crippen LogP contribution in [0.2, 0.25) is 0 Å². The van der Waals surface area contributed by atoms with E-state index in [-0.39, 0.29) is 4.88 Å². The molecule has 0 saturated carbocycles. The number of hydrogen-bond acceptors (Lipinski definition) is 5.